The van der Waals surface area contributed by atoms with Gasteiger partial charge >= 0.3 is 0 Å². The summed E-state index contributed by atoms with van der Waals surface area (Å²) in [5.74, 6) is 0. The number of rotatable bonds is 1. The Bertz CT molecular complexity index is 1040. The molecule has 102 valence electrons. The Kier molecular flexibility index (Phi) is 2.58. The molecule has 4 rings (SSSR count). The van der Waals surface area contributed by atoms with Gasteiger partial charge in [0, 0.05) is 5.39 Å². The second-order valence-corrected chi connectivity index (χ2v) is 5.40. The maximum absolute atomic E-state index is 12.9. The van der Waals surface area contributed by atoms with E-state index in [0.29, 0.717) is 0 Å². The van der Waals surface area contributed by atoms with Crippen LogP contribution in [0.15, 0.2) is 59.4 Å². The van der Waals surface area contributed by atoms with Gasteiger partial charge in [0.1, 0.15) is 0 Å². The molecule has 1 aromatic heterocycles. The quantitative estimate of drug-likeness (QED) is 0.405. The molecule has 0 amide bonds. The third kappa shape index (κ3) is 1.76. The molecule has 0 aliphatic rings. The third-order valence-corrected chi connectivity index (χ3v) is 4.16. The van der Waals surface area contributed by atoms with Gasteiger partial charge in [-0.2, -0.15) is 0 Å². The van der Waals surface area contributed by atoms with E-state index in [9.17, 15) is 4.79 Å². The molecule has 0 radical (unpaired) electrons. The first-order valence-corrected chi connectivity index (χ1v) is 7.24. The van der Waals surface area contributed by atoms with Gasteiger partial charge in [0.05, 0.1) is 16.4 Å². The topological polar surface area (TPSA) is 32.9 Å². The van der Waals surface area contributed by atoms with Gasteiger partial charge in [-0.15, -0.1) is 0 Å². The van der Waals surface area contributed by atoms with Gasteiger partial charge in [0.2, 0.25) is 0 Å². The Labute approximate surface area is 122 Å². The van der Waals surface area contributed by atoms with E-state index in [1.165, 1.54) is 5.56 Å². The number of fused-ring (bicyclic) bond motifs is 4. The van der Waals surface area contributed by atoms with Gasteiger partial charge in [-0.1, -0.05) is 43.3 Å². The van der Waals surface area contributed by atoms with Crippen LogP contribution < -0.4 is 5.43 Å². The largest absolute Gasteiger partial charge is 0.354 e. The number of H-pyrrole nitrogens is 1. The lowest BCUT2D eigenvalue weighted by molar-refractivity contribution is 1.14. The van der Waals surface area contributed by atoms with Crippen LogP contribution >= 0.6 is 0 Å². The van der Waals surface area contributed by atoms with Crippen molar-refractivity contribution >= 4 is 32.6 Å². The van der Waals surface area contributed by atoms with Crippen LogP contribution in [-0.4, -0.2) is 4.98 Å². The molecule has 2 heteroatoms. The highest BCUT2D eigenvalue weighted by molar-refractivity contribution is 6.09. The standard InChI is InChI=1S/C19H15NO/c1-2-12-7-9-15-17(11-12)20-16-10-8-13-5-3-4-6-14(13)18(16)19(15)21/h3-11H,2H2,1H3,(H,20,21). The number of aryl methyl sites for hydroxylation is 1. The summed E-state index contributed by atoms with van der Waals surface area (Å²) in [5, 5.41) is 3.65. The number of benzene rings is 3. The van der Waals surface area contributed by atoms with Gasteiger partial charge in [-0.05, 0) is 41.0 Å². The molecule has 1 heterocycles. The number of hydrogen-bond acceptors (Lipinski definition) is 1. The summed E-state index contributed by atoms with van der Waals surface area (Å²) in [5.41, 5.74) is 3.16. The normalized spacial score (nSPS) is 11.5. The molecule has 0 atom stereocenters. The Morgan fingerprint density at radius 1 is 0.905 bits per heavy atom. The molecule has 4 aromatic rings. The predicted molar refractivity (Wildman–Crippen MR) is 89.0 cm³/mol. The van der Waals surface area contributed by atoms with Crippen LogP contribution in [0.4, 0.5) is 0 Å². The summed E-state index contributed by atoms with van der Waals surface area (Å²) in [4.78, 5) is 16.3. The van der Waals surface area contributed by atoms with E-state index in [1.54, 1.807) is 0 Å². The molecule has 0 bridgehead atoms. The van der Waals surface area contributed by atoms with Crippen molar-refractivity contribution in [1.82, 2.24) is 4.98 Å². The molecule has 0 aliphatic heterocycles. The van der Waals surface area contributed by atoms with Gasteiger partial charge in [-0.25, -0.2) is 0 Å². The summed E-state index contributed by atoms with van der Waals surface area (Å²) >= 11 is 0. The Morgan fingerprint density at radius 3 is 2.62 bits per heavy atom. The fraction of sp³-hybridized carbons (Fsp3) is 0.105. The Morgan fingerprint density at radius 2 is 1.76 bits per heavy atom. The van der Waals surface area contributed by atoms with E-state index < -0.39 is 0 Å². The van der Waals surface area contributed by atoms with Gasteiger partial charge in [-0.3, -0.25) is 4.79 Å². The number of nitrogens with one attached hydrogen (secondary N) is 1. The lowest BCUT2D eigenvalue weighted by Crippen LogP contribution is -2.05. The van der Waals surface area contributed by atoms with Crippen LogP contribution in [0.2, 0.25) is 0 Å². The smallest absolute Gasteiger partial charge is 0.197 e. The van der Waals surface area contributed by atoms with Crippen molar-refractivity contribution < 1.29 is 0 Å². The first-order chi connectivity index (χ1) is 10.3. The average Bonchev–Trinajstić information content (AvgIpc) is 2.54. The molecule has 2 nitrogen and oxygen atoms in total. The van der Waals surface area contributed by atoms with Crippen LogP contribution in [-0.2, 0) is 6.42 Å². The van der Waals surface area contributed by atoms with Crippen molar-refractivity contribution in [3.8, 4) is 0 Å². The highest BCUT2D eigenvalue weighted by atomic mass is 16.1. The van der Waals surface area contributed by atoms with Crippen LogP contribution in [0, 0.1) is 0 Å². The van der Waals surface area contributed by atoms with Crippen LogP contribution in [0.5, 0.6) is 0 Å². The van der Waals surface area contributed by atoms with Gasteiger partial charge < -0.3 is 4.98 Å². The van der Waals surface area contributed by atoms with E-state index in [0.717, 1.165) is 39.0 Å². The first-order valence-electron chi connectivity index (χ1n) is 7.24. The second-order valence-electron chi connectivity index (χ2n) is 5.40. The molecule has 0 spiro atoms. The molecule has 0 fully saturated rings. The summed E-state index contributed by atoms with van der Waals surface area (Å²) < 4.78 is 0. The van der Waals surface area contributed by atoms with Crippen molar-refractivity contribution in [3.05, 3.63) is 70.4 Å². The minimum Gasteiger partial charge on any atom is -0.354 e. The first kappa shape index (κ1) is 12.2. The zero-order valence-corrected chi connectivity index (χ0v) is 11.8. The predicted octanol–water partition coefficient (Wildman–Crippen LogP) is 4.40. The highest BCUT2D eigenvalue weighted by Crippen LogP contribution is 2.24. The summed E-state index contributed by atoms with van der Waals surface area (Å²) in [6.45, 7) is 2.12. The summed E-state index contributed by atoms with van der Waals surface area (Å²) in [7, 11) is 0. The number of hydrogen-bond donors (Lipinski definition) is 1. The fourth-order valence-corrected chi connectivity index (χ4v) is 3.01. The van der Waals surface area contributed by atoms with Crippen molar-refractivity contribution in [3.63, 3.8) is 0 Å². The molecular formula is C19H15NO. The minimum atomic E-state index is 0.109. The lowest BCUT2D eigenvalue weighted by Gasteiger charge is -2.07. The molecule has 21 heavy (non-hydrogen) atoms. The molecule has 0 saturated heterocycles. The third-order valence-electron chi connectivity index (χ3n) is 4.16. The average molecular weight is 273 g/mol. The van der Waals surface area contributed by atoms with Crippen molar-refractivity contribution in [2.45, 2.75) is 13.3 Å². The maximum Gasteiger partial charge on any atom is 0.197 e. The number of aromatic nitrogens is 1. The SMILES string of the molecule is CCc1ccc2c(=O)c3c(ccc4ccccc43)[nH]c2c1. The fourth-order valence-electron chi connectivity index (χ4n) is 3.01. The highest BCUT2D eigenvalue weighted by Gasteiger charge is 2.08. The zero-order valence-electron chi connectivity index (χ0n) is 11.8. The number of aromatic amines is 1. The van der Waals surface area contributed by atoms with Crippen LogP contribution in [0.25, 0.3) is 32.6 Å². The number of pyridine rings is 1. The van der Waals surface area contributed by atoms with Crippen LogP contribution in [0.1, 0.15) is 12.5 Å². The molecular weight excluding hydrogens is 258 g/mol. The van der Waals surface area contributed by atoms with Crippen molar-refractivity contribution in [2.75, 3.05) is 0 Å². The van der Waals surface area contributed by atoms with E-state index in [-0.39, 0.29) is 5.43 Å². The van der Waals surface area contributed by atoms with E-state index in [1.807, 2.05) is 42.5 Å². The molecule has 0 saturated carbocycles. The van der Waals surface area contributed by atoms with Gasteiger partial charge in [0.25, 0.3) is 0 Å². The molecule has 1 N–H and O–H groups in total. The van der Waals surface area contributed by atoms with Crippen molar-refractivity contribution in [1.29, 1.82) is 0 Å². The summed E-state index contributed by atoms with van der Waals surface area (Å²) in [6, 6.07) is 18.1. The molecule has 0 unspecified atom stereocenters. The van der Waals surface area contributed by atoms with Gasteiger partial charge in [0.15, 0.2) is 5.43 Å². The van der Waals surface area contributed by atoms with E-state index >= 15 is 0 Å². The Hall–Kier alpha value is -2.61. The maximum atomic E-state index is 12.9. The zero-order chi connectivity index (χ0) is 14.4. The molecule has 3 aromatic carbocycles. The monoisotopic (exact) mass is 273 g/mol. The Balaban J connectivity index is 2.25. The van der Waals surface area contributed by atoms with Crippen LogP contribution in [0.3, 0.4) is 0 Å². The second kappa shape index (κ2) is 4.45. The molecule has 0 aliphatic carbocycles. The van der Waals surface area contributed by atoms with Crippen molar-refractivity contribution in [2.24, 2.45) is 0 Å². The minimum absolute atomic E-state index is 0.109. The summed E-state index contributed by atoms with van der Waals surface area (Å²) in [6.07, 6.45) is 0.966. The lowest BCUT2D eigenvalue weighted by atomic mass is 10.0. The van der Waals surface area contributed by atoms with E-state index in [4.69, 9.17) is 0 Å². The van der Waals surface area contributed by atoms with E-state index in [2.05, 4.69) is 24.0 Å².